The largest absolute Gasteiger partial charge is 2.00 e. The number of hydrogen-bond acceptors (Lipinski definition) is 14. The van der Waals surface area contributed by atoms with Gasteiger partial charge in [-0.25, -0.2) is 0 Å². The molecule has 0 spiro atoms. The summed E-state index contributed by atoms with van der Waals surface area (Å²) in [5.41, 5.74) is -5.95. The van der Waals surface area contributed by atoms with Crippen molar-refractivity contribution in [3.05, 3.63) is 0 Å². The molecule has 0 unspecified atom stereocenters. The van der Waals surface area contributed by atoms with Gasteiger partial charge in [-0.05, 0) is 0 Å². The van der Waals surface area contributed by atoms with Gasteiger partial charge in [0.15, 0.2) is 0 Å². The molecule has 0 fully saturated rings. The normalized spacial score (nSPS) is 9.40. The summed E-state index contributed by atoms with van der Waals surface area (Å²) in [6.07, 6.45) is -5.43. The molecule has 30 heavy (non-hydrogen) atoms. The van der Waals surface area contributed by atoms with Crippen molar-refractivity contribution in [2.24, 2.45) is 0 Å². The minimum Gasteiger partial charge on any atom is -0.550 e. The summed E-state index contributed by atoms with van der Waals surface area (Å²) >= 11 is 0. The number of aliphatic carboxylic acids is 6. The number of quaternary nitrogens is 2. The molecule has 0 heterocycles. The van der Waals surface area contributed by atoms with Crippen LogP contribution in [-0.2, 0) is 62.9 Å². The Kier molecular flexibility index (Phi) is 24.5. The van der Waals surface area contributed by atoms with E-state index in [-0.39, 0.29) is 46.4 Å². The van der Waals surface area contributed by atoms with Gasteiger partial charge in [-0.3, -0.25) is 0 Å². The second-order valence-corrected chi connectivity index (χ2v) is 4.83. The fourth-order valence-electron chi connectivity index (χ4n) is 1.37. The first kappa shape index (κ1) is 41.9. The molecule has 0 atom stereocenters. The van der Waals surface area contributed by atoms with E-state index in [1.807, 2.05) is 0 Å². The first-order valence-corrected chi connectivity index (χ1v) is 6.23. The number of aliphatic hydroxyl groups is 2. The van der Waals surface area contributed by atoms with Gasteiger partial charge in [0.05, 0.1) is 11.9 Å². The molecule has 0 aromatic heterocycles. The zero-order valence-corrected chi connectivity index (χ0v) is 17.5. The van der Waals surface area contributed by atoms with Crippen LogP contribution in [0, 0.1) is 0 Å². The first-order valence-electron chi connectivity index (χ1n) is 6.23. The zero-order chi connectivity index (χ0) is 21.3. The van der Waals surface area contributed by atoms with Gasteiger partial charge in [-0.2, -0.15) is 0 Å². The summed E-state index contributed by atoms with van der Waals surface area (Å²) in [5, 5.41) is 77.9. The quantitative estimate of drug-likeness (QED) is 0.192. The van der Waals surface area contributed by atoms with Crippen LogP contribution in [0.4, 0.5) is 0 Å². The van der Waals surface area contributed by atoms with Crippen molar-refractivity contribution in [3.63, 3.8) is 0 Å². The Hall–Kier alpha value is -2.30. The van der Waals surface area contributed by atoms with E-state index in [2.05, 4.69) is 0 Å². The van der Waals surface area contributed by atoms with Crippen LogP contribution in [0.5, 0.6) is 0 Å². The van der Waals surface area contributed by atoms with Crippen molar-refractivity contribution >= 4 is 35.8 Å². The molecule has 0 saturated heterocycles. The number of carbonyl (C=O) groups is 6. The Morgan fingerprint density at radius 1 is 0.500 bits per heavy atom. The van der Waals surface area contributed by atoms with E-state index in [0.717, 1.165) is 0 Å². The predicted molar refractivity (Wildman–Crippen MR) is 70.4 cm³/mol. The van der Waals surface area contributed by atoms with E-state index in [1.54, 1.807) is 0 Å². The molecule has 18 heteroatoms. The minimum absolute atomic E-state index is 0. The Morgan fingerprint density at radius 3 is 0.700 bits per heavy atom. The Morgan fingerprint density at radius 2 is 0.633 bits per heavy atom. The maximum Gasteiger partial charge on any atom is 2.00 e. The molecular weight excluding hydrogens is 508 g/mol. The minimum atomic E-state index is -2.97. The number of carboxylic acid groups (broad SMARTS) is 6. The van der Waals surface area contributed by atoms with Gasteiger partial charge < -0.3 is 81.9 Å². The number of carboxylic acids is 6. The van der Waals surface area contributed by atoms with Gasteiger partial charge >= 0.3 is 34.1 Å². The molecule has 0 aliphatic rings. The topological polar surface area (TPSA) is 354 Å². The van der Waals surface area contributed by atoms with Crippen molar-refractivity contribution in [3.8, 4) is 0 Å². The van der Waals surface area contributed by atoms with Crippen LogP contribution in [0.2, 0.25) is 0 Å². The Bertz CT molecular complexity index is 528. The third-order valence-electron chi connectivity index (χ3n) is 2.51. The molecule has 0 bridgehead atoms. The summed E-state index contributed by atoms with van der Waals surface area (Å²) in [6, 6.07) is 0. The van der Waals surface area contributed by atoms with E-state index in [9.17, 15) is 59.4 Å². The van der Waals surface area contributed by atoms with E-state index in [1.165, 1.54) is 0 Å². The van der Waals surface area contributed by atoms with E-state index >= 15 is 0 Å². The second-order valence-electron chi connectivity index (χ2n) is 4.83. The van der Waals surface area contributed by atoms with Crippen LogP contribution >= 0.6 is 0 Å². The van der Waals surface area contributed by atoms with Gasteiger partial charge in [0, 0.05) is 49.6 Å². The predicted octanol–water partition coefficient (Wildman–Crippen LogP) is -9.76. The van der Waals surface area contributed by atoms with E-state index in [4.69, 9.17) is 10.2 Å². The second kappa shape index (κ2) is 17.5. The molecule has 0 aliphatic heterocycles. The summed E-state index contributed by atoms with van der Waals surface area (Å²) < 4.78 is 0. The molecule has 0 aromatic carbocycles. The fourth-order valence-corrected chi connectivity index (χ4v) is 1.37. The van der Waals surface area contributed by atoms with Gasteiger partial charge in [0.1, 0.15) is 11.2 Å². The molecular formula is C12H18Fe2N2O14. The zero-order valence-electron chi connectivity index (χ0n) is 15.3. The SMILES string of the molecule is O=C([O-])CC(O)(CC(=O)[O-])C(=O)[O-].O=C([O-])CC(O)(CC(=O)[O-])C(=O)[O-].[Fe+2].[Fe+2].[NH4+].[NH4+]. The molecule has 10 N–H and O–H groups in total. The Balaban J connectivity index is -0.0000000847. The van der Waals surface area contributed by atoms with Crippen molar-refractivity contribution in [2.75, 3.05) is 0 Å². The van der Waals surface area contributed by atoms with Crippen LogP contribution in [0.3, 0.4) is 0 Å². The summed E-state index contributed by atoms with van der Waals surface area (Å²) in [6.45, 7) is 0. The average molecular weight is 526 g/mol. The fraction of sp³-hybridized carbons (Fsp3) is 0.500. The molecule has 0 amide bonds. The van der Waals surface area contributed by atoms with Crippen LogP contribution in [-0.4, -0.2) is 57.2 Å². The van der Waals surface area contributed by atoms with Crippen molar-refractivity contribution in [1.29, 1.82) is 0 Å². The number of carbonyl (C=O) groups excluding carboxylic acids is 6. The van der Waals surface area contributed by atoms with E-state index < -0.39 is 72.7 Å². The third-order valence-corrected chi connectivity index (χ3v) is 2.51. The molecule has 0 saturated carbocycles. The van der Waals surface area contributed by atoms with Crippen molar-refractivity contribution in [1.82, 2.24) is 12.3 Å². The molecule has 0 aromatic rings. The maximum atomic E-state index is 10.1. The van der Waals surface area contributed by atoms with Crippen LogP contribution in [0.25, 0.3) is 0 Å². The van der Waals surface area contributed by atoms with Gasteiger partial charge in [0.25, 0.3) is 0 Å². The standard InChI is InChI=1S/2C6H8O7.2Fe.2H3N/c2*7-3(8)1-6(13,5(11)12)2-4(9)10;;;;/h2*13H,1-2H2,(H,7,8)(H,9,10)(H,11,12);;;2*1H3/q;;2*+2;;/p-4. The summed E-state index contributed by atoms with van der Waals surface area (Å²) in [4.78, 5) is 60.0. The van der Waals surface area contributed by atoms with Crippen molar-refractivity contribution in [2.45, 2.75) is 36.9 Å². The Labute approximate surface area is 189 Å². The molecule has 16 nitrogen and oxygen atoms in total. The summed E-state index contributed by atoms with van der Waals surface area (Å²) in [5.74, 6) is -12.0. The van der Waals surface area contributed by atoms with Gasteiger partial charge in [-0.1, -0.05) is 0 Å². The van der Waals surface area contributed by atoms with Crippen LogP contribution in [0.1, 0.15) is 25.7 Å². The number of rotatable bonds is 10. The van der Waals surface area contributed by atoms with Crippen LogP contribution in [0.15, 0.2) is 0 Å². The van der Waals surface area contributed by atoms with Gasteiger partial charge in [0.2, 0.25) is 0 Å². The molecule has 0 aliphatic carbocycles. The maximum absolute atomic E-state index is 10.1. The van der Waals surface area contributed by atoms with Crippen molar-refractivity contribution < 1.29 is 104 Å². The molecule has 176 valence electrons. The monoisotopic (exact) mass is 526 g/mol. The molecule has 0 radical (unpaired) electrons. The smallest absolute Gasteiger partial charge is 0.550 e. The first-order chi connectivity index (χ1) is 11.6. The number of hydrogen-bond donors (Lipinski definition) is 4. The average Bonchev–Trinajstić information content (AvgIpc) is 2.34. The van der Waals surface area contributed by atoms with Gasteiger partial charge in [-0.15, -0.1) is 0 Å². The van der Waals surface area contributed by atoms with E-state index in [0.29, 0.717) is 0 Å². The van der Waals surface area contributed by atoms with Crippen LogP contribution < -0.4 is 42.9 Å². The summed E-state index contributed by atoms with van der Waals surface area (Å²) in [7, 11) is 0. The molecule has 0 rings (SSSR count). The third kappa shape index (κ3) is 17.8.